The molecule has 19 heavy (non-hydrogen) atoms. The Morgan fingerprint density at radius 1 is 1.37 bits per heavy atom. The fourth-order valence-corrected chi connectivity index (χ4v) is 1.70. The molecule has 1 unspecified atom stereocenters. The Labute approximate surface area is 111 Å². The number of morpholine rings is 1. The highest BCUT2D eigenvalue weighted by Gasteiger charge is 2.32. The van der Waals surface area contributed by atoms with Crippen LogP contribution in [0.25, 0.3) is 0 Å². The van der Waals surface area contributed by atoms with E-state index < -0.39 is 17.9 Å². The van der Waals surface area contributed by atoms with Crippen LogP contribution in [0.3, 0.4) is 0 Å². The highest BCUT2D eigenvalue weighted by Crippen LogP contribution is 2.08. The SMILES string of the molecule is CC(C)NC(=O)C1COCCN1C(=O)/C=C/C(=O)O. The minimum Gasteiger partial charge on any atom is -0.478 e. The van der Waals surface area contributed by atoms with Crippen LogP contribution in [0.15, 0.2) is 12.2 Å². The molecule has 0 saturated carbocycles. The molecule has 2 N–H and O–H groups in total. The van der Waals surface area contributed by atoms with Crippen molar-refractivity contribution < 1.29 is 24.2 Å². The van der Waals surface area contributed by atoms with Crippen molar-refractivity contribution in [3.8, 4) is 0 Å². The number of amides is 2. The van der Waals surface area contributed by atoms with Gasteiger partial charge in [0.05, 0.1) is 13.2 Å². The molecular formula is C12H18N2O5. The van der Waals surface area contributed by atoms with E-state index in [1.54, 1.807) is 0 Å². The Hall–Kier alpha value is -1.89. The van der Waals surface area contributed by atoms with E-state index in [1.807, 2.05) is 13.8 Å². The highest BCUT2D eigenvalue weighted by atomic mass is 16.5. The number of carboxylic acid groups (broad SMARTS) is 1. The molecule has 2 amide bonds. The molecule has 0 aromatic rings. The molecule has 0 spiro atoms. The Kier molecular flexibility index (Phi) is 5.50. The van der Waals surface area contributed by atoms with Gasteiger partial charge in [-0.05, 0) is 13.8 Å². The largest absolute Gasteiger partial charge is 0.478 e. The summed E-state index contributed by atoms with van der Waals surface area (Å²) < 4.78 is 5.20. The summed E-state index contributed by atoms with van der Waals surface area (Å²) in [6.45, 7) is 4.35. The van der Waals surface area contributed by atoms with E-state index in [4.69, 9.17) is 9.84 Å². The zero-order chi connectivity index (χ0) is 14.4. The molecule has 1 saturated heterocycles. The maximum Gasteiger partial charge on any atom is 0.328 e. The number of ether oxygens (including phenoxy) is 1. The molecule has 1 aliphatic rings. The quantitative estimate of drug-likeness (QED) is 0.664. The number of nitrogens with one attached hydrogen (secondary N) is 1. The Morgan fingerprint density at radius 2 is 2.05 bits per heavy atom. The molecule has 0 aromatic heterocycles. The first-order valence-electron chi connectivity index (χ1n) is 6.01. The molecular weight excluding hydrogens is 252 g/mol. The third kappa shape index (κ3) is 4.70. The number of hydrogen-bond donors (Lipinski definition) is 2. The molecule has 7 nitrogen and oxygen atoms in total. The number of aliphatic carboxylic acids is 1. The predicted octanol–water partition coefficient (Wildman–Crippen LogP) is -0.621. The van der Waals surface area contributed by atoms with E-state index in [0.717, 1.165) is 12.2 Å². The van der Waals surface area contributed by atoms with Crippen molar-refractivity contribution in [2.24, 2.45) is 0 Å². The maximum atomic E-state index is 11.9. The Balaban J connectivity index is 2.74. The monoisotopic (exact) mass is 270 g/mol. The second kappa shape index (κ2) is 6.89. The van der Waals surface area contributed by atoms with Gasteiger partial charge in [-0.3, -0.25) is 9.59 Å². The Morgan fingerprint density at radius 3 is 2.63 bits per heavy atom. The number of nitrogens with zero attached hydrogens (tertiary/aromatic N) is 1. The molecule has 0 bridgehead atoms. The summed E-state index contributed by atoms with van der Waals surface area (Å²) in [6, 6.07) is -0.761. The average molecular weight is 270 g/mol. The van der Waals surface area contributed by atoms with Gasteiger partial charge in [0.25, 0.3) is 0 Å². The first-order valence-corrected chi connectivity index (χ1v) is 6.01. The van der Waals surface area contributed by atoms with Crippen LogP contribution in [0.5, 0.6) is 0 Å². The van der Waals surface area contributed by atoms with Gasteiger partial charge in [0.2, 0.25) is 11.8 Å². The second-order valence-corrected chi connectivity index (χ2v) is 4.46. The zero-order valence-electron chi connectivity index (χ0n) is 11.0. The summed E-state index contributed by atoms with van der Waals surface area (Å²) in [5, 5.41) is 11.2. The lowest BCUT2D eigenvalue weighted by Gasteiger charge is -2.34. The zero-order valence-corrected chi connectivity index (χ0v) is 11.0. The third-order valence-corrected chi connectivity index (χ3v) is 2.51. The molecule has 7 heteroatoms. The van der Waals surface area contributed by atoms with Gasteiger partial charge >= 0.3 is 5.97 Å². The average Bonchev–Trinajstić information content (AvgIpc) is 2.35. The molecule has 1 rings (SSSR count). The summed E-state index contributed by atoms with van der Waals surface area (Å²) in [6.07, 6.45) is 1.71. The van der Waals surface area contributed by atoms with Crippen LogP contribution in [0, 0.1) is 0 Å². The van der Waals surface area contributed by atoms with E-state index in [1.165, 1.54) is 4.90 Å². The van der Waals surface area contributed by atoms with Crippen LogP contribution in [0.2, 0.25) is 0 Å². The van der Waals surface area contributed by atoms with Crippen LogP contribution in [0.1, 0.15) is 13.8 Å². The summed E-state index contributed by atoms with van der Waals surface area (Å²) in [7, 11) is 0. The minimum atomic E-state index is -1.20. The van der Waals surface area contributed by atoms with E-state index in [2.05, 4.69) is 5.32 Å². The number of carbonyl (C=O) groups is 3. The van der Waals surface area contributed by atoms with Crippen molar-refractivity contribution in [1.82, 2.24) is 10.2 Å². The van der Waals surface area contributed by atoms with Crippen LogP contribution in [-0.4, -0.2) is 59.6 Å². The van der Waals surface area contributed by atoms with Gasteiger partial charge in [0.15, 0.2) is 0 Å². The third-order valence-electron chi connectivity index (χ3n) is 2.51. The molecule has 1 aliphatic heterocycles. The Bertz CT molecular complexity index is 392. The van der Waals surface area contributed by atoms with Crippen LogP contribution in [-0.2, 0) is 19.1 Å². The summed E-state index contributed by atoms with van der Waals surface area (Å²) in [5.41, 5.74) is 0. The van der Waals surface area contributed by atoms with E-state index in [9.17, 15) is 14.4 Å². The van der Waals surface area contributed by atoms with Crippen molar-refractivity contribution in [3.63, 3.8) is 0 Å². The highest BCUT2D eigenvalue weighted by molar-refractivity contribution is 5.96. The van der Waals surface area contributed by atoms with Crippen molar-refractivity contribution in [2.75, 3.05) is 19.8 Å². The molecule has 106 valence electrons. The number of carbonyl (C=O) groups excluding carboxylic acids is 2. The lowest BCUT2D eigenvalue weighted by Crippen LogP contribution is -2.56. The fourth-order valence-electron chi connectivity index (χ4n) is 1.70. The molecule has 1 atom stereocenters. The normalized spacial score (nSPS) is 19.7. The van der Waals surface area contributed by atoms with Gasteiger partial charge in [-0.1, -0.05) is 0 Å². The fraction of sp³-hybridized carbons (Fsp3) is 0.583. The maximum absolute atomic E-state index is 11.9. The van der Waals surface area contributed by atoms with Crippen molar-refractivity contribution in [1.29, 1.82) is 0 Å². The van der Waals surface area contributed by atoms with Crippen LogP contribution in [0.4, 0.5) is 0 Å². The number of rotatable bonds is 4. The molecule has 1 heterocycles. The first kappa shape index (κ1) is 15.2. The summed E-state index contributed by atoms with van der Waals surface area (Å²) in [4.78, 5) is 35.5. The molecule has 1 fully saturated rings. The lowest BCUT2D eigenvalue weighted by atomic mass is 10.2. The minimum absolute atomic E-state index is 0.0408. The van der Waals surface area contributed by atoms with Crippen LogP contribution < -0.4 is 5.32 Å². The predicted molar refractivity (Wildman–Crippen MR) is 66.4 cm³/mol. The summed E-state index contributed by atoms with van der Waals surface area (Å²) in [5.74, 6) is -2.01. The van der Waals surface area contributed by atoms with Gasteiger partial charge in [0.1, 0.15) is 6.04 Å². The standard InChI is InChI=1S/C12H18N2O5/c1-8(2)13-12(18)9-7-19-6-5-14(9)10(15)3-4-11(16)17/h3-4,8-9H,5-7H2,1-2H3,(H,13,18)(H,16,17)/b4-3+. The summed E-state index contributed by atoms with van der Waals surface area (Å²) >= 11 is 0. The lowest BCUT2D eigenvalue weighted by molar-refractivity contribution is -0.145. The van der Waals surface area contributed by atoms with Crippen molar-refractivity contribution >= 4 is 17.8 Å². The van der Waals surface area contributed by atoms with Crippen molar-refractivity contribution in [2.45, 2.75) is 25.9 Å². The molecule has 0 aromatic carbocycles. The topological polar surface area (TPSA) is 95.9 Å². The van der Waals surface area contributed by atoms with Crippen molar-refractivity contribution in [3.05, 3.63) is 12.2 Å². The second-order valence-electron chi connectivity index (χ2n) is 4.46. The van der Waals surface area contributed by atoms with E-state index in [0.29, 0.717) is 6.61 Å². The first-order chi connectivity index (χ1) is 8.91. The van der Waals surface area contributed by atoms with Gasteiger partial charge in [-0.15, -0.1) is 0 Å². The molecule has 0 radical (unpaired) electrons. The number of carboxylic acids is 1. The van der Waals surface area contributed by atoms with Crippen LogP contribution >= 0.6 is 0 Å². The smallest absolute Gasteiger partial charge is 0.328 e. The van der Waals surface area contributed by atoms with Gasteiger partial charge in [-0.25, -0.2) is 4.79 Å². The van der Waals surface area contributed by atoms with E-state index in [-0.39, 0.29) is 25.1 Å². The van der Waals surface area contributed by atoms with Gasteiger partial charge in [-0.2, -0.15) is 0 Å². The van der Waals surface area contributed by atoms with Gasteiger partial charge < -0.3 is 20.1 Å². The van der Waals surface area contributed by atoms with Gasteiger partial charge in [0, 0.05) is 24.7 Å². The molecule has 0 aliphatic carbocycles. The van der Waals surface area contributed by atoms with E-state index >= 15 is 0 Å². The number of hydrogen-bond acceptors (Lipinski definition) is 4.